The number of rotatable bonds is 6. The Morgan fingerprint density at radius 3 is 2.52 bits per heavy atom. The lowest BCUT2D eigenvalue weighted by atomic mass is 10.2. The Morgan fingerprint density at radius 2 is 1.87 bits per heavy atom. The Morgan fingerprint density at radius 1 is 1.13 bits per heavy atom. The molecule has 0 spiro atoms. The Labute approximate surface area is 137 Å². The van der Waals surface area contributed by atoms with Crippen LogP contribution in [0.1, 0.15) is 19.5 Å². The molecule has 2 aromatic heterocycles. The van der Waals surface area contributed by atoms with Crippen LogP contribution < -0.4 is 10.4 Å². The van der Waals surface area contributed by atoms with Crippen LogP contribution in [0.5, 0.6) is 5.75 Å². The smallest absolute Gasteiger partial charge is 0.364 e. The zero-order valence-corrected chi connectivity index (χ0v) is 13.8. The normalized spacial score (nSPS) is 10.9. The van der Waals surface area contributed by atoms with E-state index >= 15 is 0 Å². The Kier molecular flexibility index (Phi) is 4.52. The first-order chi connectivity index (χ1) is 11.2. The number of nitrogens with zero attached hydrogens (tertiary/aromatic N) is 5. The van der Waals surface area contributed by atoms with E-state index in [2.05, 4.69) is 15.4 Å². The van der Waals surface area contributed by atoms with E-state index in [0.29, 0.717) is 19.7 Å². The van der Waals surface area contributed by atoms with Crippen molar-refractivity contribution in [2.24, 2.45) is 0 Å². The highest BCUT2D eigenvalue weighted by Crippen LogP contribution is 2.25. The average molecular weight is 331 g/mol. The third kappa shape index (κ3) is 3.31. The Bertz CT molecular complexity index is 834. The van der Waals surface area contributed by atoms with Crippen molar-refractivity contribution in [3.05, 3.63) is 45.8 Å². The number of thiazole rings is 1. The average Bonchev–Trinajstić information content (AvgIpc) is 3.17. The highest BCUT2D eigenvalue weighted by Gasteiger charge is 2.10. The molecule has 8 heteroatoms. The molecule has 23 heavy (non-hydrogen) atoms. The molecule has 120 valence electrons. The summed E-state index contributed by atoms with van der Waals surface area (Å²) in [6.45, 7) is 5.29. The second-order valence-electron chi connectivity index (χ2n) is 4.84. The SMILES string of the molecule is CCOc1ccc(-c2nc(Cn3nnn(CC)c3=O)cs2)cc1. The van der Waals surface area contributed by atoms with Gasteiger partial charge in [-0.05, 0) is 48.5 Å². The second kappa shape index (κ2) is 6.74. The standard InChI is InChI=1S/C15H17N5O2S/c1-3-19-15(21)20(18-17-19)9-12-10-23-14(16-12)11-5-7-13(8-6-11)22-4-2/h5-8,10H,3-4,9H2,1-2H3. The molecule has 0 atom stereocenters. The molecule has 0 saturated carbocycles. The third-order valence-electron chi connectivity index (χ3n) is 3.27. The fourth-order valence-electron chi connectivity index (χ4n) is 2.13. The number of hydrogen-bond acceptors (Lipinski definition) is 6. The van der Waals surface area contributed by atoms with Gasteiger partial charge < -0.3 is 4.74 Å². The van der Waals surface area contributed by atoms with Gasteiger partial charge in [-0.2, -0.15) is 9.36 Å². The van der Waals surface area contributed by atoms with Crippen LogP contribution in [0.4, 0.5) is 0 Å². The molecule has 0 radical (unpaired) electrons. The first-order valence-corrected chi connectivity index (χ1v) is 8.27. The molecule has 0 aliphatic heterocycles. The van der Waals surface area contributed by atoms with E-state index in [1.165, 1.54) is 20.7 Å². The van der Waals surface area contributed by atoms with Crippen LogP contribution in [0.3, 0.4) is 0 Å². The molecule has 1 aromatic carbocycles. The van der Waals surface area contributed by atoms with Crippen molar-refractivity contribution in [2.75, 3.05) is 6.61 Å². The molecule has 3 aromatic rings. The molecule has 0 N–H and O–H groups in total. The summed E-state index contributed by atoms with van der Waals surface area (Å²) in [6, 6.07) is 7.81. The van der Waals surface area contributed by atoms with Gasteiger partial charge in [0.1, 0.15) is 10.8 Å². The van der Waals surface area contributed by atoms with Gasteiger partial charge in [0.2, 0.25) is 0 Å². The van der Waals surface area contributed by atoms with Crippen molar-refractivity contribution in [2.45, 2.75) is 26.9 Å². The maximum atomic E-state index is 11.9. The van der Waals surface area contributed by atoms with Crippen LogP contribution >= 0.6 is 11.3 Å². The minimum atomic E-state index is -0.219. The van der Waals surface area contributed by atoms with E-state index in [1.807, 2.05) is 43.5 Å². The van der Waals surface area contributed by atoms with Gasteiger partial charge in [-0.1, -0.05) is 0 Å². The van der Waals surface area contributed by atoms with Crippen molar-refractivity contribution in [1.82, 2.24) is 24.8 Å². The van der Waals surface area contributed by atoms with Crippen LogP contribution in [0.15, 0.2) is 34.4 Å². The van der Waals surface area contributed by atoms with Crippen LogP contribution in [0.25, 0.3) is 10.6 Å². The van der Waals surface area contributed by atoms with Crippen LogP contribution in [0.2, 0.25) is 0 Å². The number of ether oxygens (including phenoxy) is 1. The van der Waals surface area contributed by atoms with Gasteiger partial charge >= 0.3 is 5.69 Å². The summed E-state index contributed by atoms with van der Waals surface area (Å²) in [5, 5.41) is 10.5. The molecular weight excluding hydrogens is 314 g/mol. The largest absolute Gasteiger partial charge is 0.494 e. The lowest BCUT2D eigenvalue weighted by Crippen LogP contribution is -2.25. The number of aryl methyl sites for hydroxylation is 1. The number of benzene rings is 1. The fourth-order valence-corrected chi connectivity index (χ4v) is 2.95. The van der Waals surface area contributed by atoms with E-state index in [9.17, 15) is 4.79 Å². The number of tetrazole rings is 1. The van der Waals surface area contributed by atoms with Gasteiger partial charge in [-0.15, -0.1) is 11.3 Å². The zero-order chi connectivity index (χ0) is 16.2. The summed E-state index contributed by atoms with van der Waals surface area (Å²) >= 11 is 1.54. The van der Waals surface area contributed by atoms with E-state index in [1.54, 1.807) is 0 Å². The summed E-state index contributed by atoms with van der Waals surface area (Å²) in [5.41, 5.74) is 1.60. The van der Waals surface area contributed by atoms with Gasteiger partial charge in [0.05, 0.1) is 18.8 Å². The van der Waals surface area contributed by atoms with Crippen molar-refractivity contribution in [1.29, 1.82) is 0 Å². The molecule has 7 nitrogen and oxygen atoms in total. The predicted octanol–water partition coefficient (Wildman–Crippen LogP) is 2.03. The first-order valence-electron chi connectivity index (χ1n) is 7.39. The fraction of sp³-hybridized carbons (Fsp3) is 0.333. The number of aromatic nitrogens is 5. The summed E-state index contributed by atoms with van der Waals surface area (Å²) in [6.07, 6.45) is 0. The minimum Gasteiger partial charge on any atom is -0.494 e. The highest BCUT2D eigenvalue weighted by atomic mass is 32.1. The molecule has 0 amide bonds. The summed E-state index contributed by atoms with van der Waals surface area (Å²) in [4.78, 5) is 16.5. The van der Waals surface area contributed by atoms with Gasteiger partial charge in [-0.25, -0.2) is 9.78 Å². The second-order valence-corrected chi connectivity index (χ2v) is 5.69. The monoisotopic (exact) mass is 331 g/mol. The third-order valence-corrected chi connectivity index (χ3v) is 4.21. The number of hydrogen-bond donors (Lipinski definition) is 0. The minimum absolute atomic E-state index is 0.219. The highest BCUT2D eigenvalue weighted by molar-refractivity contribution is 7.13. The predicted molar refractivity (Wildman–Crippen MR) is 87.8 cm³/mol. The summed E-state index contributed by atoms with van der Waals surface area (Å²) < 4.78 is 8.07. The first kappa shape index (κ1) is 15.4. The van der Waals surface area contributed by atoms with E-state index in [-0.39, 0.29) is 5.69 Å². The lowest BCUT2D eigenvalue weighted by Gasteiger charge is -2.02. The molecule has 0 unspecified atom stereocenters. The van der Waals surface area contributed by atoms with Gasteiger partial charge in [-0.3, -0.25) is 0 Å². The van der Waals surface area contributed by atoms with Crippen LogP contribution in [-0.2, 0) is 13.1 Å². The van der Waals surface area contributed by atoms with Crippen molar-refractivity contribution < 1.29 is 4.74 Å². The van der Waals surface area contributed by atoms with Crippen LogP contribution in [0, 0.1) is 0 Å². The van der Waals surface area contributed by atoms with Gasteiger partial charge in [0, 0.05) is 17.5 Å². The maximum absolute atomic E-state index is 11.9. The molecule has 0 aliphatic carbocycles. The Hall–Kier alpha value is -2.48. The van der Waals surface area contributed by atoms with Gasteiger partial charge in [0.15, 0.2) is 0 Å². The molecule has 2 heterocycles. The molecule has 0 aliphatic rings. The summed E-state index contributed by atoms with van der Waals surface area (Å²) in [7, 11) is 0. The Balaban J connectivity index is 1.77. The van der Waals surface area contributed by atoms with Crippen molar-refractivity contribution in [3.63, 3.8) is 0 Å². The topological polar surface area (TPSA) is 74.8 Å². The van der Waals surface area contributed by atoms with Crippen molar-refractivity contribution in [3.8, 4) is 16.3 Å². The lowest BCUT2D eigenvalue weighted by molar-refractivity contribution is 0.340. The van der Waals surface area contributed by atoms with Crippen molar-refractivity contribution >= 4 is 11.3 Å². The van der Waals surface area contributed by atoms with E-state index in [4.69, 9.17) is 4.74 Å². The van der Waals surface area contributed by atoms with E-state index < -0.39 is 0 Å². The summed E-state index contributed by atoms with van der Waals surface area (Å²) in [5.74, 6) is 0.843. The maximum Gasteiger partial charge on any atom is 0.364 e. The molecule has 0 saturated heterocycles. The molecule has 0 bridgehead atoms. The zero-order valence-electron chi connectivity index (χ0n) is 13.0. The molecular formula is C15H17N5O2S. The molecule has 0 fully saturated rings. The van der Waals surface area contributed by atoms with Gasteiger partial charge in [0.25, 0.3) is 0 Å². The van der Waals surface area contributed by atoms with Crippen LogP contribution in [-0.4, -0.2) is 31.4 Å². The molecule has 3 rings (SSSR count). The van der Waals surface area contributed by atoms with E-state index in [0.717, 1.165) is 22.0 Å². The quantitative estimate of drug-likeness (QED) is 0.691.